The summed E-state index contributed by atoms with van der Waals surface area (Å²) in [6, 6.07) is 0. The number of nitrogens with one attached hydrogen (secondary N) is 1. The van der Waals surface area contributed by atoms with Crippen LogP contribution in [0.4, 0.5) is 8.78 Å². The van der Waals surface area contributed by atoms with E-state index in [2.05, 4.69) is 4.98 Å². The van der Waals surface area contributed by atoms with E-state index in [0.717, 1.165) is 0 Å². The van der Waals surface area contributed by atoms with Crippen LogP contribution in [0.15, 0.2) is 4.90 Å². The van der Waals surface area contributed by atoms with E-state index in [0.29, 0.717) is 4.31 Å². The quantitative estimate of drug-likeness (QED) is 0.679. The Balaban J connectivity index is 3.38. The Morgan fingerprint density at radius 1 is 1.38 bits per heavy atom. The topological polar surface area (TPSA) is 111 Å². The van der Waals surface area contributed by atoms with Crippen molar-refractivity contribution in [3.63, 3.8) is 0 Å². The van der Waals surface area contributed by atoms with Gasteiger partial charge < -0.3 is 15.2 Å². The SMILES string of the molecule is Cc1[nH]c(C(=O)O)c(C)c1S(=O)(=O)N(CCO)CC(F)F. The van der Waals surface area contributed by atoms with Gasteiger partial charge in [0.05, 0.1) is 13.2 Å². The lowest BCUT2D eigenvalue weighted by atomic mass is 10.2. The number of carboxylic acids is 1. The van der Waals surface area contributed by atoms with Gasteiger partial charge in [0.2, 0.25) is 10.0 Å². The molecule has 1 heterocycles. The van der Waals surface area contributed by atoms with Crippen molar-refractivity contribution >= 4 is 16.0 Å². The van der Waals surface area contributed by atoms with Gasteiger partial charge in [0.15, 0.2) is 0 Å². The van der Waals surface area contributed by atoms with Crippen LogP contribution in [0.2, 0.25) is 0 Å². The molecule has 0 aromatic carbocycles. The van der Waals surface area contributed by atoms with E-state index < -0.39 is 42.1 Å². The lowest BCUT2D eigenvalue weighted by molar-refractivity contribution is 0.0690. The van der Waals surface area contributed by atoms with E-state index in [1.807, 2.05) is 0 Å². The zero-order valence-corrected chi connectivity index (χ0v) is 12.2. The van der Waals surface area contributed by atoms with Crippen LogP contribution >= 0.6 is 0 Å². The molecule has 0 unspecified atom stereocenters. The first-order valence-electron chi connectivity index (χ1n) is 5.94. The molecule has 0 saturated heterocycles. The predicted molar refractivity (Wildman–Crippen MR) is 69.1 cm³/mol. The van der Waals surface area contributed by atoms with Gasteiger partial charge in [-0.3, -0.25) is 0 Å². The normalized spacial score (nSPS) is 12.3. The summed E-state index contributed by atoms with van der Waals surface area (Å²) >= 11 is 0. The van der Waals surface area contributed by atoms with E-state index in [1.54, 1.807) is 0 Å². The van der Waals surface area contributed by atoms with Crippen LogP contribution in [0.5, 0.6) is 0 Å². The standard InChI is InChI=1S/C11H16F2N2O5S/c1-6-9(11(17)18)14-7(2)10(6)21(19,20)15(3-4-16)5-8(12)13/h8,14,16H,3-5H2,1-2H3,(H,17,18). The number of halogens is 2. The van der Waals surface area contributed by atoms with Crippen LogP contribution in [-0.2, 0) is 10.0 Å². The van der Waals surface area contributed by atoms with Crippen molar-refractivity contribution in [2.45, 2.75) is 25.2 Å². The Hall–Kier alpha value is -1.52. The van der Waals surface area contributed by atoms with E-state index in [-0.39, 0.29) is 21.8 Å². The maximum Gasteiger partial charge on any atom is 0.352 e. The second-order valence-corrected chi connectivity index (χ2v) is 6.24. The average molecular weight is 326 g/mol. The summed E-state index contributed by atoms with van der Waals surface area (Å²) in [5.41, 5.74) is -0.327. The number of hydrogen-bond donors (Lipinski definition) is 3. The third-order valence-corrected chi connectivity index (χ3v) is 5.01. The molecule has 0 aliphatic heterocycles. The molecule has 0 atom stereocenters. The average Bonchev–Trinajstić information content (AvgIpc) is 2.64. The number of aliphatic hydroxyl groups excluding tert-OH is 1. The fraction of sp³-hybridized carbons (Fsp3) is 0.545. The number of aromatic amines is 1. The second kappa shape index (κ2) is 6.50. The molecule has 0 aliphatic carbocycles. The first-order chi connectivity index (χ1) is 9.62. The maximum atomic E-state index is 12.5. The molecular weight excluding hydrogens is 310 g/mol. The van der Waals surface area contributed by atoms with Crippen molar-refractivity contribution in [3.8, 4) is 0 Å². The van der Waals surface area contributed by atoms with E-state index in [9.17, 15) is 22.0 Å². The Kier molecular flexibility index (Phi) is 5.42. The number of carbonyl (C=O) groups is 1. The lowest BCUT2D eigenvalue weighted by Crippen LogP contribution is -2.37. The Labute approximate surface area is 120 Å². The van der Waals surface area contributed by atoms with Gasteiger partial charge in [0, 0.05) is 17.8 Å². The molecule has 0 aliphatic rings. The van der Waals surface area contributed by atoms with Crippen LogP contribution in [-0.4, -0.2) is 60.0 Å². The number of aryl methyl sites for hydroxylation is 1. The number of nitrogens with zero attached hydrogens (tertiary/aromatic N) is 1. The third kappa shape index (κ3) is 3.57. The minimum atomic E-state index is -4.33. The molecule has 1 rings (SSSR count). The number of aliphatic hydroxyl groups is 1. The largest absolute Gasteiger partial charge is 0.477 e. The summed E-state index contributed by atoms with van der Waals surface area (Å²) in [6.45, 7) is 0.417. The van der Waals surface area contributed by atoms with Gasteiger partial charge >= 0.3 is 5.97 Å². The number of H-pyrrole nitrogens is 1. The van der Waals surface area contributed by atoms with Crippen LogP contribution in [0.25, 0.3) is 0 Å². The molecule has 0 bridgehead atoms. The zero-order valence-electron chi connectivity index (χ0n) is 11.4. The van der Waals surface area contributed by atoms with Gasteiger partial charge in [-0.25, -0.2) is 22.0 Å². The highest BCUT2D eigenvalue weighted by atomic mass is 32.2. The van der Waals surface area contributed by atoms with Crippen LogP contribution in [0.1, 0.15) is 21.7 Å². The smallest absolute Gasteiger partial charge is 0.352 e. The van der Waals surface area contributed by atoms with Crippen LogP contribution < -0.4 is 0 Å². The van der Waals surface area contributed by atoms with Gasteiger partial charge in [-0.1, -0.05) is 0 Å². The van der Waals surface area contributed by atoms with Crippen LogP contribution in [0, 0.1) is 13.8 Å². The highest BCUT2D eigenvalue weighted by Gasteiger charge is 2.32. The Morgan fingerprint density at radius 3 is 2.33 bits per heavy atom. The monoisotopic (exact) mass is 326 g/mol. The summed E-state index contributed by atoms with van der Waals surface area (Å²) in [7, 11) is -4.33. The molecule has 0 fully saturated rings. The fourth-order valence-corrected chi connectivity index (χ4v) is 3.85. The molecule has 1 aromatic heterocycles. The van der Waals surface area contributed by atoms with E-state index >= 15 is 0 Å². The van der Waals surface area contributed by atoms with Gasteiger partial charge in [0.1, 0.15) is 10.6 Å². The fourth-order valence-electron chi connectivity index (χ4n) is 2.04. The predicted octanol–water partition coefficient (Wildman–Crippen LogP) is 0.578. The van der Waals surface area contributed by atoms with Crippen molar-refractivity contribution in [3.05, 3.63) is 17.0 Å². The highest BCUT2D eigenvalue weighted by Crippen LogP contribution is 2.26. The van der Waals surface area contributed by atoms with Gasteiger partial charge in [-0.2, -0.15) is 4.31 Å². The summed E-state index contributed by atoms with van der Waals surface area (Å²) in [4.78, 5) is 13.0. The number of aromatic nitrogens is 1. The number of sulfonamides is 1. The summed E-state index contributed by atoms with van der Waals surface area (Å²) in [5, 5.41) is 17.8. The Morgan fingerprint density at radius 2 is 1.95 bits per heavy atom. The van der Waals surface area contributed by atoms with E-state index in [4.69, 9.17) is 10.2 Å². The molecule has 10 heteroatoms. The van der Waals surface area contributed by atoms with Crippen molar-refractivity contribution in [1.29, 1.82) is 0 Å². The minimum Gasteiger partial charge on any atom is -0.477 e. The van der Waals surface area contributed by atoms with Crippen LogP contribution in [0.3, 0.4) is 0 Å². The van der Waals surface area contributed by atoms with Crippen molar-refractivity contribution < 1.29 is 32.2 Å². The van der Waals surface area contributed by atoms with Crippen molar-refractivity contribution in [2.24, 2.45) is 0 Å². The minimum absolute atomic E-state index is 0.0436. The molecule has 1 aromatic rings. The number of carboxylic acid groups (broad SMARTS) is 1. The first-order valence-corrected chi connectivity index (χ1v) is 7.38. The van der Waals surface area contributed by atoms with Gasteiger partial charge in [-0.05, 0) is 13.8 Å². The van der Waals surface area contributed by atoms with Crippen molar-refractivity contribution in [1.82, 2.24) is 9.29 Å². The summed E-state index contributed by atoms with van der Waals surface area (Å²) in [6.07, 6.45) is -2.91. The van der Waals surface area contributed by atoms with Gasteiger partial charge in [0.25, 0.3) is 6.43 Å². The second-order valence-electron chi connectivity index (χ2n) is 4.36. The third-order valence-electron chi connectivity index (χ3n) is 2.87. The maximum absolute atomic E-state index is 12.5. The molecule has 120 valence electrons. The Bertz CT molecular complexity index is 627. The first kappa shape index (κ1) is 17.5. The summed E-state index contributed by atoms with van der Waals surface area (Å²) in [5.74, 6) is -1.35. The number of hydrogen-bond acceptors (Lipinski definition) is 4. The number of aromatic carboxylic acids is 1. The van der Waals surface area contributed by atoms with E-state index in [1.165, 1.54) is 13.8 Å². The highest BCUT2D eigenvalue weighted by molar-refractivity contribution is 7.89. The lowest BCUT2D eigenvalue weighted by Gasteiger charge is -2.21. The molecule has 0 radical (unpaired) electrons. The van der Waals surface area contributed by atoms with Gasteiger partial charge in [-0.15, -0.1) is 0 Å². The molecule has 7 nitrogen and oxygen atoms in total. The molecular formula is C11H16F2N2O5S. The number of rotatable bonds is 7. The summed E-state index contributed by atoms with van der Waals surface area (Å²) < 4.78 is 50.2. The number of alkyl halides is 2. The van der Waals surface area contributed by atoms with Crippen molar-refractivity contribution in [2.75, 3.05) is 19.7 Å². The molecule has 21 heavy (non-hydrogen) atoms. The molecule has 0 amide bonds. The molecule has 0 saturated carbocycles. The zero-order chi connectivity index (χ0) is 16.4. The molecule has 0 spiro atoms. The molecule has 3 N–H and O–H groups in total.